The third kappa shape index (κ3) is 3.29. The highest BCUT2D eigenvalue weighted by Gasteiger charge is 2.24. The number of hydrogen-bond acceptors (Lipinski definition) is 3. The third-order valence-electron chi connectivity index (χ3n) is 3.57. The Morgan fingerprint density at radius 1 is 1.58 bits per heavy atom. The number of piperidine rings is 1. The van der Waals surface area contributed by atoms with Gasteiger partial charge < -0.3 is 19.7 Å². The zero-order valence-electron chi connectivity index (χ0n) is 11.8. The summed E-state index contributed by atoms with van der Waals surface area (Å²) in [6.45, 7) is 6.86. The van der Waals surface area contributed by atoms with Gasteiger partial charge in [0.2, 0.25) is 0 Å². The number of β-amino-alcohol motifs (C(OH)–C–C–N with tert-alkyl or cyclic N) is 1. The zero-order valence-corrected chi connectivity index (χ0v) is 11.8. The monoisotopic (exact) mass is 266 g/mol. The predicted octanol–water partition coefficient (Wildman–Crippen LogP) is 2.12. The first kappa shape index (κ1) is 13.9. The van der Waals surface area contributed by atoms with E-state index in [0.29, 0.717) is 13.1 Å². The van der Waals surface area contributed by atoms with Crippen LogP contribution in [-0.4, -0.2) is 35.2 Å². The van der Waals surface area contributed by atoms with Gasteiger partial charge in [-0.1, -0.05) is 0 Å². The summed E-state index contributed by atoms with van der Waals surface area (Å²) in [6.07, 6.45) is 1.24. The van der Waals surface area contributed by atoms with Crippen molar-refractivity contribution in [3.05, 3.63) is 23.2 Å². The molecule has 0 aromatic carbocycles. The van der Waals surface area contributed by atoms with Gasteiger partial charge in [-0.25, -0.2) is 4.79 Å². The van der Waals surface area contributed by atoms with E-state index in [1.807, 2.05) is 26.8 Å². The van der Waals surface area contributed by atoms with Crippen LogP contribution in [-0.2, 0) is 0 Å². The van der Waals surface area contributed by atoms with Crippen LogP contribution in [0.15, 0.2) is 10.5 Å². The third-order valence-corrected chi connectivity index (χ3v) is 3.57. The second-order valence-corrected chi connectivity index (χ2v) is 5.28. The average molecular weight is 266 g/mol. The summed E-state index contributed by atoms with van der Waals surface area (Å²) in [5, 5.41) is 12.5. The topological polar surface area (TPSA) is 65.7 Å². The van der Waals surface area contributed by atoms with Crippen molar-refractivity contribution in [2.24, 2.45) is 0 Å². The second kappa shape index (κ2) is 5.65. The lowest BCUT2D eigenvalue weighted by atomic mass is 10.1. The highest BCUT2D eigenvalue weighted by molar-refractivity contribution is 5.74. The molecular weight excluding hydrogens is 244 g/mol. The van der Waals surface area contributed by atoms with Crippen molar-refractivity contribution in [3.8, 4) is 0 Å². The molecule has 1 saturated heterocycles. The maximum absolute atomic E-state index is 12.1. The maximum atomic E-state index is 12.1. The summed E-state index contributed by atoms with van der Waals surface area (Å²) < 4.78 is 5.47. The molecule has 1 aliphatic rings. The maximum Gasteiger partial charge on any atom is 0.317 e. The first-order valence-electron chi connectivity index (χ1n) is 6.78. The largest absolute Gasteiger partial charge is 0.466 e. The molecule has 106 valence electrons. The molecule has 1 fully saturated rings. The number of urea groups is 1. The molecule has 2 unspecified atom stereocenters. The fourth-order valence-corrected chi connectivity index (χ4v) is 2.57. The number of furan rings is 1. The van der Waals surface area contributed by atoms with Gasteiger partial charge in [0.15, 0.2) is 0 Å². The lowest BCUT2D eigenvalue weighted by Crippen LogP contribution is -2.47. The van der Waals surface area contributed by atoms with E-state index < -0.39 is 6.10 Å². The Bertz CT molecular complexity index is 456. The quantitative estimate of drug-likeness (QED) is 0.861. The van der Waals surface area contributed by atoms with Gasteiger partial charge in [-0.3, -0.25) is 0 Å². The Morgan fingerprint density at radius 2 is 2.32 bits per heavy atom. The smallest absolute Gasteiger partial charge is 0.317 e. The van der Waals surface area contributed by atoms with Crippen LogP contribution in [0, 0.1) is 13.8 Å². The zero-order chi connectivity index (χ0) is 14.0. The number of carbonyl (C=O) groups is 1. The number of nitrogens with zero attached hydrogens (tertiary/aromatic N) is 1. The van der Waals surface area contributed by atoms with Gasteiger partial charge in [0.05, 0.1) is 12.1 Å². The van der Waals surface area contributed by atoms with Gasteiger partial charge in [0, 0.05) is 18.7 Å². The Labute approximate surface area is 113 Å². The Balaban J connectivity index is 1.96. The number of aliphatic hydroxyl groups excluding tert-OH is 1. The van der Waals surface area contributed by atoms with Gasteiger partial charge in [0.25, 0.3) is 0 Å². The number of likely N-dealkylation sites (tertiary alicyclic amines) is 1. The molecule has 2 rings (SSSR count). The van der Waals surface area contributed by atoms with Crippen LogP contribution in [0.2, 0.25) is 0 Å². The van der Waals surface area contributed by atoms with Gasteiger partial charge in [0.1, 0.15) is 11.5 Å². The number of hydrogen-bond donors (Lipinski definition) is 2. The van der Waals surface area contributed by atoms with Crippen molar-refractivity contribution in [2.45, 2.75) is 45.8 Å². The van der Waals surface area contributed by atoms with Crippen LogP contribution in [0.3, 0.4) is 0 Å². The molecule has 2 N–H and O–H groups in total. The minimum absolute atomic E-state index is 0.0935. The van der Waals surface area contributed by atoms with Gasteiger partial charge in [-0.05, 0) is 39.7 Å². The van der Waals surface area contributed by atoms with Gasteiger partial charge in [-0.15, -0.1) is 0 Å². The Morgan fingerprint density at radius 3 is 2.89 bits per heavy atom. The summed E-state index contributed by atoms with van der Waals surface area (Å²) >= 11 is 0. The average Bonchev–Trinajstić information content (AvgIpc) is 2.68. The number of amides is 2. The van der Waals surface area contributed by atoms with E-state index in [1.165, 1.54) is 0 Å². The highest BCUT2D eigenvalue weighted by Crippen LogP contribution is 2.21. The molecule has 1 aromatic heterocycles. The number of aliphatic hydroxyl groups is 1. The molecule has 19 heavy (non-hydrogen) atoms. The second-order valence-electron chi connectivity index (χ2n) is 5.28. The minimum atomic E-state index is -0.396. The number of nitrogens with one attached hydrogen (secondary N) is 1. The molecular formula is C14H22N2O3. The molecule has 1 aromatic rings. The SMILES string of the molecule is Cc1cc(C(C)NC(=O)N2CCCC(O)C2)c(C)o1. The molecule has 2 amide bonds. The van der Waals surface area contributed by atoms with E-state index in [9.17, 15) is 9.90 Å². The van der Waals surface area contributed by atoms with E-state index in [2.05, 4.69) is 5.32 Å². The van der Waals surface area contributed by atoms with Crippen LogP contribution in [0.4, 0.5) is 4.79 Å². The Hall–Kier alpha value is -1.49. The van der Waals surface area contributed by atoms with Crippen molar-refractivity contribution in [2.75, 3.05) is 13.1 Å². The molecule has 0 saturated carbocycles. The number of carbonyl (C=O) groups excluding carboxylic acids is 1. The molecule has 0 aliphatic carbocycles. The molecule has 0 radical (unpaired) electrons. The standard InChI is InChI=1S/C14H22N2O3/c1-9-7-13(11(3)19-9)10(2)15-14(18)16-6-4-5-12(17)8-16/h7,10,12,17H,4-6,8H2,1-3H3,(H,15,18). The fraction of sp³-hybridized carbons (Fsp3) is 0.643. The van der Waals surface area contributed by atoms with Crippen LogP contribution in [0.25, 0.3) is 0 Å². The summed E-state index contributed by atoms with van der Waals surface area (Å²) in [7, 11) is 0. The first-order chi connectivity index (χ1) is 8.97. The Kier molecular flexibility index (Phi) is 4.14. The highest BCUT2D eigenvalue weighted by atomic mass is 16.3. The van der Waals surface area contributed by atoms with Crippen LogP contribution >= 0.6 is 0 Å². The molecule has 0 bridgehead atoms. The molecule has 5 heteroatoms. The molecule has 2 heterocycles. The molecule has 1 aliphatic heterocycles. The lowest BCUT2D eigenvalue weighted by molar-refractivity contribution is 0.0835. The van der Waals surface area contributed by atoms with Crippen molar-refractivity contribution in [1.29, 1.82) is 0 Å². The first-order valence-corrected chi connectivity index (χ1v) is 6.78. The van der Waals surface area contributed by atoms with Crippen molar-refractivity contribution >= 4 is 6.03 Å². The molecule has 5 nitrogen and oxygen atoms in total. The van der Waals surface area contributed by atoms with Crippen molar-refractivity contribution in [3.63, 3.8) is 0 Å². The van der Waals surface area contributed by atoms with E-state index >= 15 is 0 Å². The van der Waals surface area contributed by atoms with Gasteiger partial charge in [-0.2, -0.15) is 0 Å². The van der Waals surface area contributed by atoms with Crippen LogP contribution in [0.5, 0.6) is 0 Å². The molecule has 2 atom stereocenters. The van der Waals surface area contributed by atoms with Crippen molar-refractivity contribution < 1.29 is 14.3 Å². The number of rotatable bonds is 2. The summed E-state index contributed by atoms with van der Waals surface area (Å²) in [6, 6.07) is 1.74. The lowest BCUT2D eigenvalue weighted by Gasteiger charge is -2.31. The van der Waals surface area contributed by atoms with E-state index in [0.717, 1.165) is 29.9 Å². The summed E-state index contributed by atoms with van der Waals surface area (Å²) in [4.78, 5) is 13.8. The minimum Gasteiger partial charge on any atom is -0.466 e. The van der Waals surface area contributed by atoms with E-state index in [1.54, 1.807) is 4.90 Å². The fourth-order valence-electron chi connectivity index (χ4n) is 2.57. The van der Waals surface area contributed by atoms with Crippen LogP contribution in [0.1, 0.15) is 42.9 Å². The molecule has 0 spiro atoms. The van der Waals surface area contributed by atoms with Crippen molar-refractivity contribution in [1.82, 2.24) is 10.2 Å². The summed E-state index contributed by atoms with van der Waals surface area (Å²) in [5.41, 5.74) is 1.00. The van der Waals surface area contributed by atoms with E-state index in [4.69, 9.17) is 4.42 Å². The number of aryl methyl sites for hydroxylation is 2. The van der Waals surface area contributed by atoms with E-state index in [-0.39, 0.29) is 12.1 Å². The van der Waals surface area contributed by atoms with Gasteiger partial charge >= 0.3 is 6.03 Å². The van der Waals surface area contributed by atoms with Crippen LogP contribution < -0.4 is 5.32 Å². The predicted molar refractivity (Wildman–Crippen MR) is 71.9 cm³/mol. The normalized spacial score (nSPS) is 21.3. The summed E-state index contributed by atoms with van der Waals surface area (Å²) in [5.74, 6) is 1.69.